The molecule has 0 aliphatic carbocycles. The third-order valence-electron chi connectivity index (χ3n) is 3.99. The predicted molar refractivity (Wildman–Crippen MR) is 106 cm³/mol. The summed E-state index contributed by atoms with van der Waals surface area (Å²) >= 11 is 1.57. The Morgan fingerprint density at radius 1 is 1.30 bits per heavy atom. The number of pyridine rings is 1. The fraction of sp³-hybridized carbons (Fsp3) is 0.250. The van der Waals surface area contributed by atoms with Crippen LogP contribution in [0.1, 0.15) is 28.7 Å². The molecule has 0 radical (unpaired) electrons. The second kappa shape index (κ2) is 8.73. The van der Waals surface area contributed by atoms with Gasteiger partial charge in [0.05, 0.1) is 5.69 Å². The van der Waals surface area contributed by atoms with Gasteiger partial charge in [-0.05, 0) is 30.9 Å². The summed E-state index contributed by atoms with van der Waals surface area (Å²) in [5.74, 6) is 1.76. The van der Waals surface area contributed by atoms with Crippen LogP contribution in [0.5, 0.6) is 0 Å². The minimum atomic E-state index is -0.392. The molecule has 0 aliphatic heterocycles. The molecule has 0 aliphatic rings. The van der Waals surface area contributed by atoms with Crippen molar-refractivity contribution in [1.29, 1.82) is 0 Å². The lowest BCUT2D eigenvalue weighted by Gasteiger charge is -2.05. The number of nitrogens with one attached hydrogen (secondary N) is 2. The molecule has 0 unspecified atom stereocenters. The summed E-state index contributed by atoms with van der Waals surface area (Å²) in [6, 6.07) is 11.3. The quantitative estimate of drug-likeness (QED) is 0.610. The first-order valence-corrected chi connectivity index (χ1v) is 9.72. The van der Waals surface area contributed by atoms with Gasteiger partial charge in [0.25, 0.3) is 11.5 Å². The van der Waals surface area contributed by atoms with E-state index in [-0.39, 0.29) is 11.5 Å². The van der Waals surface area contributed by atoms with Crippen LogP contribution in [-0.2, 0) is 6.42 Å². The lowest BCUT2D eigenvalue weighted by molar-refractivity contribution is 0.0952. The number of thioether (sulfide) groups is 1. The molecule has 27 heavy (non-hydrogen) atoms. The number of aromatic amines is 1. The van der Waals surface area contributed by atoms with E-state index in [1.807, 2.05) is 44.2 Å². The molecule has 0 spiro atoms. The summed E-state index contributed by atoms with van der Waals surface area (Å²) in [5, 5.41) is 2.78. The molecule has 0 fully saturated rings. The Labute approximate surface area is 161 Å². The van der Waals surface area contributed by atoms with E-state index in [4.69, 9.17) is 4.42 Å². The number of carbonyl (C=O) groups is 1. The smallest absolute Gasteiger partial charge is 0.260 e. The fourth-order valence-electron chi connectivity index (χ4n) is 2.64. The highest BCUT2D eigenvalue weighted by atomic mass is 32.2. The molecule has 1 aromatic carbocycles. The number of hydrogen-bond donors (Lipinski definition) is 2. The van der Waals surface area contributed by atoms with Gasteiger partial charge in [-0.1, -0.05) is 25.1 Å². The third kappa shape index (κ3) is 4.68. The molecule has 0 saturated carbocycles. The number of carbonyl (C=O) groups excluding carboxylic acids is 1. The van der Waals surface area contributed by atoms with Gasteiger partial charge in [0, 0.05) is 29.6 Å². The van der Waals surface area contributed by atoms with E-state index in [0.717, 1.165) is 27.7 Å². The summed E-state index contributed by atoms with van der Waals surface area (Å²) < 4.78 is 5.72. The first-order chi connectivity index (χ1) is 13.1. The van der Waals surface area contributed by atoms with Crippen molar-refractivity contribution in [2.24, 2.45) is 0 Å². The topological polar surface area (TPSA) is 88.0 Å². The zero-order valence-corrected chi connectivity index (χ0v) is 16.1. The maximum absolute atomic E-state index is 12.3. The predicted octanol–water partition coefficient (Wildman–Crippen LogP) is 3.42. The Morgan fingerprint density at radius 2 is 2.07 bits per heavy atom. The van der Waals surface area contributed by atoms with E-state index >= 15 is 0 Å². The second-order valence-corrected chi connectivity index (χ2v) is 7.24. The van der Waals surface area contributed by atoms with Crippen molar-refractivity contribution in [3.63, 3.8) is 0 Å². The van der Waals surface area contributed by atoms with Crippen LogP contribution in [0.15, 0.2) is 56.7 Å². The van der Waals surface area contributed by atoms with Gasteiger partial charge in [-0.15, -0.1) is 11.8 Å². The van der Waals surface area contributed by atoms with Crippen molar-refractivity contribution < 1.29 is 9.21 Å². The number of nitrogens with zero attached hydrogens (tertiary/aromatic N) is 1. The molecule has 0 atom stereocenters. The van der Waals surface area contributed by atoms with Crippen LogP contribution in [0.25, 0.3) is 11.5 Å². The standard InChI is InChI=1S/C20H21N3O3S/c1-3-27-15-11-16(19(25)22-12-15)18(24)21-10-9-17-13(2)26-20(23-17)14-7-5-4-6-8-14/h4-8,11-12H,3,9-10H2,1-2H3,(H,21,24)(H,22,25). The van der Waals surface area contributed by atoms with Crippen molar-refractivity contribution in [3.8, 4) is 11.5 Å². The fourth-order valence-corrected chi connectivity index (χ4v) is 3.31. The molecule has 2 N–H and O–H groups in total. The van der Waals surface area contributed by atoms with Crippen LogP contribution in [0.4, 0.5) is 0 Å². The normalized spacial score (nSPS) is 10.7. The summed E-state index contributed by atoms with van der Waals surface area (Å²) in [6.07, 6.45) is 2.15. The van der Waals surface area contributed by atoms with E-state index in [0.29, 0.717) is 18.9 Å². The van der Waals surface area contributed by atoms with E-state index in [9.17, 15) is 9.59 Å². The van der Waals surface area contributed by atoms with Gasteiger partial charge in [-0.25, -0.2) is 4.98 Å². The first-order valence-electron chi connectivity index (χ1n) is 8.74. The molecule has 140 valence electrons. The van der Waals surface area contributed by atoms with Crippen LogP contribution in [-0.4, -0.2) is 28.2 Å². The molecular weight excluding hydrogens is 362 g/mol. The average molecular weight is 383 g/mol. The molecule has 2 aromatic heterocycles. The maximum atomic E-state index is 12.3. The van der Waals surface area contributed by atoms with Crippen LogP contribution in [0.2, 0.25) is 0 Å². The van der Waals surface area contributed by atoms with E-state index < -0.39 is 5.56 Å². The third-order valence-corrected chi connectivity index (χ3v) is 4.85. The highest BCUT2D eigenvalue weighted by Crippen LogP contribution is 2.21. The number of amides is 1. The SMILES string of the molecule is CCSc1c[nH]c(=O)c(C(=O)NCCc2nc(-c3ccccc3)oc2C)c1. The molecular formula is C20H21N3O3S. The van der Waals surface area contributed by atoms with Crippen LogP contribution >= 0.6 is 11.8 Å². The minimum absolute atomic E-state index is 0.121. The van der Waals surface area contributed by atoms with Crippen LogP contribution < -0.4 is 10.9 Å². The zero-order valence-electron chi connectivity index (χ0n) is 15.2. The van der Waals surface area contributed by atoms with Gasteiger partial charge < -0.3 is 14.7 Å². The van der Waals surface area contributed by atoms with Gasteiger partial charge >= 0.3 is 0 Å². The highest BCUT2D eigenvalue weighted by Gasteiger charge is 2.14. The molecule has 1 amide bonds. The van der Waals surface area contributed by atoms with Crippen molar-refractivity contribution in [1.82, 2.24) is 15.3 Å². The molecule has 7 heteroatoms. The molecule has 0 saturated heterocycles. The van der Waals surface area contributed by atoms with Crippen molar-refractivity contribution in [2.75, 3.05) is 12.3 Å². The highest BCUT2D eigenvalue weighted by molar-refractivity contribution is 7.99. The molecule has 2 heterocycles. The average Bonchev–Trinajstić information content (AvgIpc) is 3.05. The number of oxazole rings is 1. The molecule has 3 rings (SSSR count). The van der Waals surface area contributed by atoms with Gasteiger partial charge in [-0.3, -0.25) is 9.59 Å². The van der Waals surface area contributed by atoms with Gasteiger partial charge in [0.2, 0.25) is 5.89 Å². The molecule has 3 aromatic rings. The Morgan fingerprint density at radius 3 is 2.81 bits per heavy atom. The lowest BCUT2D eigenvalue weighted by Crippen LogP contribution is -2.31. The van der Waals surface area contributed by atoms with Crippen LogP contribution in [0, 0.1) is 6.92 Å². The maximum Gasteiger partial charge on any atom is 0.260 e. The summed E-state index contributed by atoms with van der Waals surface area (Å²) in [4.78, 5) is 32.2. The Bertz CT molecular complexity index is 980. The Hall–Kier alpha value is -2.80. The van der Waals surface area contributed by atoms with Gasteiger partial charge in [-0.2, -0.15) is 0 Å². The number of aromatic nitrogens is 2. The number of rotatable bonds is 7. The number of hydrogen-bond acceptors (Lipinski definition) is 5. The zero-order chi connectivity index (χ0) is 19.2. The largest absolute Gasteiger partial charge is 0.441 e. The van der Waals surface area contributed by atoms with E-state index in [1.54, 1.807) is 24.0 Å². The Kier molecular flexibility index (Phi) is 6.13. The minimum Gasteiger partial charge on any atom is -0.441 e. The van der Waals surface area contributed by atoms with Crippen molar-refractivity contribution >= 4 is 17.7 Å². The Balaban J connectivity index is 1.63. The monoisotopic (exact) mass is 383 g/mol. The van der Waals surface area contributed by atoms with E-state index in [1.165, 1.54) is 0 Å². The van der Waals surface area contributed by atoms with Gasteiger partial charge in [0.15, 0.2) is 0 Å². The first kappa shape index (κ1) is 19.0. The number of aryl methyl sites for hydroxylation is 1. The van der Waals surface area contributed by atoms with Gasteiger partial charge in [0.1, 0.15) is 11.3 Å². The van der Waals surface area contributed by atoms with Crippen LogP contribution in [0.3, 0.4) is 0 Å². The van der Waals surface area contributed by atoms with Crippen molar-refractivity contribution in [2.45, 2.75) is 25.2 Å². The number of benzene rings is 1. The molecule has 0 bridgehead atoms. The lowest BCUT2D eigenvalue weighted by atomic mass is 10.2. The van der Waals surface area contributed by atoms with Crippen molar-refractivity contribution in [3.05, 3.63) is 70.0 Å². The second-order valence-electron chi connectivity index (χ2n) is 5.91. The van der Waals surface area contributed by atoms with E-state index in [2.05, 4.69) is 15.3 Å². The number of H-pyrrole nitrogens is 1. The molecule has 6 nitrogen and oxygen atoms in total. The summed E-state index contributed by atoms with van der Waals surface area (Å²) in [5.41, 5.74) is 1.43. The summed E-state index contributed by atoms with van der Waals surface area (Å²) in [6.45, 7) is 4.23. The summed E-state index contributed by atoms with van der Waals surface area (Å²) in [7, 11) is 0.